The summed E-state index contributed by atoms with van der Waals surface area (Å²) in [6.45, 7) is 8.49. The second kappa shape index (κ2) is 7.92. The average Bonchev–Trinajstić information content (AvgIpc) is 2.99. The highest BCUT2D eigenvalue weighted by atomic mass is 16.2. The number of nitrogens with zero attached hydrogens (tertiary/aromatic N) is 4. The van der Waals surface area contributed by atoms with Gasteiger partial charge in [0.25, 0.3) is 5.91 Å². The molecule has 2 aromatic rings. The number of hydrogen-bond donors (Lipinski definition) is 1. The first-order valence-electron chi connectivity index (χ1n) is 8.33. The largest absolute Gasteiger partial charge is 0.350 e. The van der Waals surface area contributed by atoms with Crippen molar-refractivity contribution in [2.75, 3.05) is 13.1 Å². The number of carbonyl (C=O) groups excluding carboxylic acids is 2. The Hall–Kier alpha value is -2.70. The van der Waals surface area contributed by atoms with Gasteiger partial charge in [0.15, 0.2) is 5.69 Å². The molecule has 0 aliphatic carbocycles. The molecule has 134 valence electrons. The van der Waals surface area contributed by atoms with Crippen molar-refractivity contribution >= 4 is 11.8 Å². The molecule has 0 saturated heterocycles. The first-order valence-corrected chi connectivity index (χ1v) is 8.33. The van der Waals surface area contributed by atoms with E-state index >= 15 is 0 Å². The number of rotatable bonds is 6. The van der Waals surface area contributed by atoms with E-state index in [1.54, 1.807) is 10.9 Å². The van der Waals surface area contributed by atoms with Crippen LogP contribution >= 0.6 is 0 Å². The number of hydrogen-bond acceptors (Lipinski definition) is 4. The van der Waals surface area contributed by atoms with Gasteiger partial charge in [-0.2, -0.15) is 0 Å². The highest BCUT2D eigenvalue weighted by Gasteiger charge is 2.22. The van der Waals surface area contributed by atoms with Crippen LogP contribution in [-0.4, -0.2) is 50.3 Å². The Balaban J connectivity index is 2.02. The Bertz CT molecular complexity index is 719. The lowest BCUT2D eigenvalue weighted by atomic mass is 10.1. The Morgan fingerprint density at radius 2 is 1.88 bits per heavy atom. The molecule has 0 aliphatic heterocycles. The molecule has 7 nitrogen and oxygen atoms in total. The minimum absolute atomic E-state index is 0.00184. The predicted octanol–water partition coefficient (Wildman–Crippen LogP) is 1.70. The minimum atomic E-state index is -0.335. The van der Waals surface area contributed by atoms with E-state index in [1.807, 2.05) is 58.0 Å². The zero-order valence-corrected chi connectivity index (χ0v) is 15.2. The Morgan fingerprint density at radius 3 is 2.48 bits per heavy atom. The maximum atomic E-state index is 12.6. The molecule has 0 unspecified atom stereocenters. The van der Waals surface area contributed by atoms with Gasteiger partial charge >= 0.3 is 0 Å². The fourth-order valence-corrected chi connectivity index (χ4v) is 2.36. The van der Waals surface area contributed by atoms with Crippen LogP contribution in [0, 0.1) is 0 Å². The van der Waals surface area contributed by atoms with Crippen LogP contribution in [0.2, 0.25) is 0 Å². The van der Waals surface area contributed by atoms with Crippen molar-refractivity contribution in [3.8, 4) is 0 Å². The summed E-state index contributed by atoms with van der Waals surface area (Å²) < 4.78 is 1.62. The molecule has 0 aliphatic rings. The summed E-state index contributed by atoms with van der Waals surface area (Å²) in [5.41, 5.74) is 0.975. The second-order valence-corrected chi connectivity index (χ2v) is 6.90. The average molecular weight is 343 g/mol. The number of amides is 2. The lowest BCUT2D eigenvalue weighted by Crippen LogP contribution is -2.47. The summed E-state index contributed by atoms with van der Waals surface area (Å²) in [7, 11) is 0. The van der Waals surface area contributed by atoms with Gasteiger partial charge in [0.1, 0.15) is 0 Å². The summed E-state index contributed by atoms with van der Waals surface area (Å²) in [5.74, 6) is -0.495. The van der Waals surface area contributed by atoms with Crippen LogP contribution in [0.4, 0.5) is 0 Å². The van der Waals surface area contributed by atoms with Crippen molar-refractivity contribution in [2.24, 2.45) is 0 Å². The monoisotopic (exact) mass is 343 g/mol. The number of benzene rings is 1. The summed E-state index contributed by atoms with van der Waals surface area (Å²) >= 11 is 0. The van der Waals surface area contributed by atoms with E-state index in [-0.39, 0.29) is 29.6 Å². The predicted molar refractivity (Wildman–Crippen MR) is 95.0 cm³/mol. The van der Waals surface area contributed by atoms with Crippen molar-refractivity contribution in [2.45, 2.75) is 39.8 Å². The van der Waals surface area contributed by atoms with Gasteiger partial charge in [0.05, 0.1) is 19.3 Å². The standard InChI is InChI=1S/C18H25N5O2/c1-5-22(13-16(24)19-18(2,3)4)17(25)15-12-23(21-20-15)11-14-9-7-6-8-10-14/h6-10,12H,5,11,13H2,1-4H3,(H,19,24). The lowest BCUT2D eigenvalue weighted by molar-refractivity contribution is -0.123. The molecule has 0 atom stereocenters. The Morgan fingerprint density at radius 1 is 1.20 bits per heavy atom. The van der Waals surface area contributed by atoms with E-state index in [1.165, 1.54) is 4.90 Å². The van der Waals surface area contributed by atoms with Crippen LogP contribution in [0.15, 0.2) is 36.5 Å². The third kappa shape index (κ3) is 5.70. The van der Waals surface area contributed by atoms with Crippen LogP contribution in [0.1, 0.15) is 43.7 Å². The minimum Gasteiger partial charge on any atom is -0.350 e. The number of likely N-dealkylation sites (N-methyl/N-ethyl adjacent to an activating group) is 1. The van der Waals surface area contributed by atoms with Crippen molar-refractivity contribution in [1.82, 2.24) is 25.2 Å². The van der Waals surface area contributed by atoms with Gasteiger partial charge in [-0.15, -0.1) is 5.10 Å². The Labute approximate surface area is 148 Å². The number of carbonyl (C=O) groups is 2. The molecule has 1 heterocycles. The summed E-state index contributed by atoms with van der Waals surface area (Å²) in [6.07, 6.45) is 1.61. The molecule has 0 fully saturated rings. The van der Waals surface area contributed by atoms with Crippen molar-refractivity contribution in [1.29, 1.82) is 0 Å². The van der Waals surface area contributed by atoms with Crippen LogP contribution in [0.5, 0.6) is 0 Å². The molecule has 25 heavy (non-hydrogen) atoms. The van der Waals surface area contributed by atoms with E-state index in [2.05, 4.69) is 15.6 Å². The molecule has 0 radical (unpaired) electrons. The highest BCUT2D eigenvalue weighted by molar-refractivity contribution is 5.94. The molecular weight excluding hydrogens is 318 g/mol. The van der Waals surface area contributed by atoms with Crippen LogP contribution in [-0.2, 0) is 11.3 Å². The molecule has 1 N–H and O–H groups in total. The van der Waals surface area contributed by atoms with Gasteiger partial charge < -0.3 is 10.2 Å². The van der Waals surface area contributed by atoms with E-state index in [0.717, 1.165) is 5.56 Å². The number of nitrogens with one attached hydrogen (secondary N) is 1. The zero-order valence-electron chi connectivity index (χ0n) is 15.2. The first kappa shape index (κ1) is 18.6. The molecule has 0 spiro atoms. The molecule has 1 aromatic heterocycles. The quantitative estimate of drug-likeness (QED) is 0.866. The van der Waals surface area contributed by atoms with E-state index in [4.69, 9.17) is 0 Å². The topological polar surface area (TPSA) is 80.1 Å². The Kier molecular flexibility index (Phi) is 5.90. The third-order valence-corrected chi connectivity index (χ3v) is 3.46. The van der Waals surface area contributed by atoms with Crippen molar-refractivity contribution in [3.05, 3.63) is 47.8 Å². The molecule has 7 heteroatoms. The smallest absolute Gasteiger partial charge is 0.276 e. The van der Waals surface area contributed by atoms with Gasteiger partial charge in [-0.3, -0.25) is 9.59 Å². The van der Waals surface area contributed by atoms with Gasteiger partial charge in [-0.1, -0.05) is 35.5 Å². The SMILES string of the molecule is CCN(CC(=O)NC(C)(C)C)C(=O)c1cn(Cc2ccccc2)nn1. The molecule has 0 bridgehead atoms. The van der Waals surface area contributed by atoms with Crippen molar-refractivity contribution < 1.29 is 9.59 Å². The van der Waals surface area contributed by atoms with E-state index in [0.29, 0.717) is 13.1 Å². The normalized spacial score (nSPS) is 11.2. The summed E-state index contributed by atoms with van der Waals surface area (Å²) in [4.78, 5) is 26.1. The van der Waals surface area contributed by atoms with Crippen LogP contribution < -0.4 is 5.32 Å². The summed E-state index contributed by atoms with van der Waals surface area (Å²) in [5, 5.41) is 10.8. The first-order chi connectivity index (χ1) is 11.8. The fourth-order valence-electron chi connectivity index (χ4n) is 2.36. The molecule has 2 amide bonds. The second-order valence-electron chi connectivity index (χ2n) is 6.90. The number of aromatic nitrogens is 3. The van der Waals surface area contributed by atoms with E-state index < -0.39 is 0 Å². The fraction of sp³-hybridized carbons (Fsp3) is 0.444. The van der Waals surface area contributed by atoms with E-state index in [9.17, 15) is 9.59 Å². The lowest BCUT2D eigenvalue weighted by Gasteiger charge is -2.24. The van der Waals surface area contributed by atoms with Crippen molar-refractivity contribution in [3.63, 3.8) is 0 Å². The van der Waals surface area contributed by atoms with Gasteiger partial charge in [0, 0.05) is 12.1 Å². The zero-order chi connectivity index (χ0) is 18.4. The van der Waals surface area contributed by atoms with Gasteiger partial charge in [-0.25, -0.2) is 4.68 Å². The maximum Gasteiger partial charge on any atom is 0.276 e. The van der Waals surface area contributed by atoms with Gasteiger partial charge in [0.2, 0.25) is 5.91 Å². The van der Waals surface area contributed by atoms with Crippen LogP contribution in [0.25, 0.3) is 0 Å². The summed E-state index contributed by atoms with van der Waals surface area (Å²) in [6, 6.07) is 9.81. The molecule has 1 aromatic carbocycles. The maximum absolute atomic E-state index is 12.6. The molecule has 2 rings (SSSR count). The van der Waals surface area contributed by atoms with Crippen LogP contribution in [0.3, 0.4) is 0 Å². The molecular formula is C18H25N5O2. The highest BCUT2D eigenvalue weighted by Crippen LogP contribution is 2.05. The third-order valence-electron chi connectivity index (χ3n) is 3.46. The molecule has 0 saturated carbocycles. The van der Waals surface area contributed by atoms with Gasteiger partial charge in [-0.05, 0) is 33.3 Å².